The first-order valence-corrected chi connectivity index (χ1v) is 8.17. The number of rotatable bonds is 1. The summed E-state index contributed by atoms with van der Waals surface area (Å²) >= 11 is 0. The monoisotopic (exact) mass is 301 g/mol. The summed E-state index contributed by atoms with van der Waals surface area (Å²) < 4.78 is 0. The summed E-state index contributed by atoms with van der Waals surface area (Å²) in [5, 5.41) is 0. The maximum Gasteiger partial charge on any atom is 0.255 e. The van der Waals surface area contributed by atoms with Crippen molar-refractivity contribution >= 4 is 11.8 Å². The van der Waals surface area contributed by atoms with Crippen LogP contribution < -0.4 is 0 Å². The zero-order valence-corrected chi connectivity index (χ0v) is 13.2. The molecular formula is C17H23N3O2. The Bertz CT molecular complexity index is 577. The second-order valence-electron chi connectivity index (χ2n) is 6.22. The lowest BCUT2D eigenvalue weighted by Crippen LogP contribution is -2.37. The van der Waals surface area contributed by atoms with Gasteiger partial charge in [0.1, 0.15) is 0 Å². The summed E-state index contributed by atoms with van der Waals surface area (Å²) in [6.07, 6.45) is 8.84. The Balaban J connectivity index is 1.84. The van der Waals surface area contributed by atoms with Crippen LogP contribution in [0.2, 0.25) is 0 Å². The summed E-state index contributed by atoms with van der Waals surface area (Å²) in [5.41, 5.74) is 2.84. The van der Waals surface area contributed by atoms with Crippen LogP contribution >= 0.6 is 0 Å². The van der Waals surface area contributed by atoms with E-state index in [0.29, 0.717) is 13.1 Å². The van der Waals surface area contributed by atoms with E-state index in [1.54, 1.807) is 19.3 Å². The molecule has 5 nitrogen and oxygen atoms in total. The number of amides is 2. The van der Waals surface area contributed by atoms with E-state index < -0.39 is 0 Å². The molecule has 1 aromatic heterocycles. The fourth-order valence-electron chi connectivity index (χ4n) is 3.39. The first kappa shape index (κ1) is 15.0. The molecule has 5 heteroatoms. The van der Waals surface area contributed by atoms with Gasteiger partial charge in [0.2, 0.25) is 5.91 Å². The molecule has 2 aliphatic rings. The van der Waals surface area contributed by atoms with Crippen molar-refractivity contribution in [2.24, 2.45) is 0 Å². The van der Waals surface area contributed by atoms with E-state index >= 15 is 0 Å². The highest BCUT2D eigenvalue weighted by molar-refractivity contribution is 5.96. The van der Waals surface area contributed by atoms with E-state index in [0.717, 1.165) is 49.0 Å². The summed E-state index contributed by atoms with van der Waals surface area (Å²) in [7, 11) is 0. The zero-order valence-electron chi connectivity index (χ0n) is 13.2. The molecule has 0 saturated carbocycles. The van der Waals surface area contributed by atoms with Gasteiger partial charge >= 0.3 is 0 Å². The van der Waals surface area contributed by atoms with Crippen LogP contribution in [0.1, 0.15) is 54.1 Å². The van der Waals surface area contributed by atoms with Crippen LogP contribution in [0.15, 0.2) is 12.4 Å². The van der Waals surface area contributed by atoms with E-state index in [1.807, 2.05) is 9.80 Å². The molecule has 0 aromatic carbocycles. The summed E-state index contributed by atoms with van der Waals surface area (Å²) in [6, 6.07) is 0. The molecule has 3 rings (SSSR count). The van der Waals surface area contributed by atoms with Gasteiger partial charge in [-0.3, -0.25) is 14.6 Å². The first-order valence-electron chi connectivity index (χ1n) is 8.17. The molecule has 0 bridgehead atoms. The van der Waals surface area contributed by atoms with Crippen molar-refractivity contribution in [2.75, 3.05) is 19.6 Å². The van der Waals surface area contributed by atoms with Gasteiger partial charge < -0.3 is 9.80 Å². The number of hydrogen-bond donors (Lipinski definition) is 0. The van der Waals surface area contributed by atoms with Gasteiger partial charge in [0.05, 0.1) is 5.56 Å². The highest BCUT2D eigenvalue weighted by Gasteiger charge is 2.26. The van der Waals surface area contributed by atoms with Gasteiger partial charge in [-0.2, -0.15) is 0 Å². The van der Waals surface area contributed by atoms with Crippen LogP contribution in [0, 0.1) is 0 Å². The molecule has 22 heavy (non-hydrogen) atoms. The van der Waals surface area contributed by atoms with Crippen molar-refractivity contribution in [1.29, 1.82) is 0 Å². The van der Waals surface area contributed by atoms with Crippen molar-refractivity contribution in [2.45, 2.75) is 45.6 Å². The molecule has 118 valence electrons. The Morgan fingerprint density at radius 3 is 2.41 bits per heavy atom. The highest BCUT2D eigenvalue weighted by atomic mass is 16.2. The van der Waals surface area contributed by atoms with Crippen LogP contribution in [0.5, 0.6) is 0 Å². The van der Waals surface area contributed by atoms with Gasteiger partial charge in [-0.05, 0) is 30.4 Å². The number of carbonyl (C=O) groups is 2. The van der Waals surface area contributed by atoms with Crippen molar-refractivity contribution in [3.05, 3.63) is 29.1 Å². The minimum Gasteiger partial charge on any atom is -0.339 e. The predicted molar refractivity (Wildman–Crippen MR) is 83.4 cm³/mol. The topological polar surface area (TPSA) is 53.5 Å². The average Bonchev–Trinajstić information content (AvgIpc) is 2.82. The second kappa shape index (κ2) is 6.46. The largest absolute Gasteiger partial charge is 0.339 e. The lowest BCUT2D eigenvalue weighted by atomic mass is 9.96. The molecule has 2 aliphatic heterocycles. The van der Waals surface area contributed by atoms with Gasteiger partial charge in [-0.1, -0.05) is 12.8 Å². The third kappa shape index (κ3) is 2.98. The predicted octanol–water partition coefficient (Wildman–Crippen LogP) is 2.00. The molecule has 0 unspecified atom stereocenters. The van der Waals surface area contributed by atoms with Crippen molar-refractivity contribution in [1.82, 2.24) is 14.8 Å². The van der Waals surface area contributed by atoms with Crippen molar-refractivity contribution < 1.29 is 9.59 Å². The average molecular weight is 301 g/mol. The molecule has 1 fully saturated rings. The second-order valence-corrected chi connectivity index (χ2v) is 6.22. The van der Waals surface area contributed by atoms with Gasteiger partial charge in [-0.15, -0.1) is 0 Å². The Labute approximate surface area is 131 Å². The fourth-order valence-corrected chi connectivity index (χ4v) is 3.39. The van der Waals surface area contributed by atoms with Gasteiger partial charge in [0.25, 0.3) is 5.91 Å². The number of aromatic nitrogens is 1. The molecule has 0 aliphatic carbocycles. The number of likely N-dealkylation sites (tertiary alicyclic amines) is 1. The van der Waals surface area contributed by atoms with Crippen molar-refractivity contribution in [3.8, 4) is 0 Å². The molecular weight excluding hydrogens is 278 g/mol. The molecule has 1 saturated heterocycles. The molecule has 0 atom stereocenters. The number of pyridine rings is 1. The smallest absolute Gasteiger partial charge is 0.255 e. The van der Waals surface area contributed by atoms with E-state index in [4.69, 9.17) is 0 Å². The number of carbonyl (C=O) groups excluding carboxylic acids is 2. The summed E-state index contributed by atoms with van der Waals surface area (Å²) in [5.74, 6) is 0.192. The number of nitrogens with zero attached hydrogens (tertiary/aromatic N) is 3. The molecule has 3 heterocycles. The van der Waals surface area contributed by atoms with E-state index in [9.17, 15) is 9.59 Å². The van der Waals surface area contributed by atoms with Crippen LogP contribution in [-0.4, -0.2) is 46.2 Å². The van der Waals surface area contributed by atoms with Gasteiger partial charge in [-0.25, -0.2) is 0 Å². The third-order valence-corrected chi connectivity index (χ3v) is 4.71. The minimum absolute atomic E-state index is 0.0786. The first-order chi connectivity index (χ1) is 10.7. The normalized spacial score (nSPS) is 18.6. The standard InChI is InChI=1S/C17H23N3O2/c1-13(21)20-9-6-15-14(12-20)10-18-11-16(15)17(22)19-7-4-2-3-5-8-19/h10-11H,2-9,12H2,1H3. The fraction of sp³-hybridized carbons (Fsp3) is 0.588. The molecule has 0 spiro atoms. The van der Waals surface area contributed by atoms with E-state index in [-0.39, 0.29) is 11.8 Å². The minimum atomic E-state index is 0.0786. The maximum absolute atomic E-state index is 12.8. The van der Waals surface area contributed by atoms with Crippen LogP contribution in [-0.2, 0) is 17.8 Å². The quantitative estimate of drug-likeness (QED) is 0.797. The van der Waals surface area contributed by atoms with Crippen molar-refractivity contribution in [3.63, 3.8) is 0 Å². The van der Waals surface area contributed by atoms with Crippen LogP contribution in [0.4, 0.5) is 0 Å². The Morgan fingerprint density at radius 1 is 1.00 bits per heavy atom. The number of fused-ring (bicyclic) bond motifs is 1. The number of hydrogen-bond acceptors (Lipinski definition) is 3. The molecule has 0 N–H and O–H groups in total. The molecule has 1 aromatic rings. The SMILES string of the molecule is CC(=O)N1CCc2c(cncc2C(=O)N2CCCCCC2)C1. The van der Waals surface area contributed by atoms with E-state index in [2.05, 4.69) is 4.98 Å². The zero-order chi connectivity index (χ0) is 15.5. The Hall–Kier alpha value is -1.91. The maximum atomic E-state index is 12.8. The van der Waals surface area contributed by atoms with E-state index in [1.165, 1.54) is 12.8 Å². The molecule has 2 amide bonds. The summed E-state index contributed by atoms with van der Waals surface area (Å²) in [6.45, 7) is 4.54. The third-order valence-electron chi connectivity index (χ3n) is 4.71. The van der Waals surface area contributed by atoms with Crippen LogP contribution in [0.3, 0.4) is 0 Å². The lowest BCUT2D eigenvalue weighted by molar-refractivity contribution is -0.129. The van der Waals surface area contributed by atoms with Gasteiger partial charge in [0, 0.05) is 45.5 Å². The summed E-state index contributed by atoms with van der Waals surface area (Å²) in [4.78, 5) is 32.4. The Kier molecular flexibility index (Phi) is 4.41. The Morgan fingerprint density at radius 2 is 1.73 bits per heavy atom. The lowest BCUT2D eigenvalue weighted by Gasteiger charge is -2.30. The van der Waals surface area contributed by atoms with Crippen LogP contribution in [0.25, 0.3) is 0 Å². The molecule has 0 radical (unpaired) electrons. The highest BCUT2D eigenvalue weighted by Crippen LogP contribution is 2.23. The van der Waals surface area contributed by atoms with Gasteiger partial charge in [0.15, 0.2) is 0 Å².